The molecule has 0 saturated carbocycles. The van der Waals surface area contributed by atoms with Crippen LogP contribution >= 0.6 is 15.9 Å². The highest BCUT2D eigenvalue weighted by Crippen LogP contribution is 2.19. The molecule has 0 radical (unpaired) electrons. The van der Waals surface area contributed by atoms with E-state index in [0.717, 1.165) is 10.2 Å². The molecule has 5 heteroatoms. The summed E-state index contributed by atoms with van der Waals surface area (Å²) in [5.41, 5.74) is 6.19. The maximum atomic E-state index is 11.6. The second kappa shape index (κ2) is 4.53. The van der Waals surface area contributed by atoms with Crippen LogP contribution in [0.15, 0.2) is 28.7 Å². The lowest BCUT2D eigenvalue weighted by atomic mass is 9.94. The van der Waals surface area contributed by atoms with Gasteiger partial charge in [-0.2, -0.15) is 0 Å². The van der Waals surface area contributed by atoms with Crippen LogP contribution in [0.5, 0.6) is 0 Å². The van der Waals surface area contributed by atoms with Gasteiger partial charge >= 0.3 is 0 Å². The van der Waals surface area contributed by atoms with Crippen LogP contribution in [0.1, 0.15) is 6.42 Å². The average Bonchev–Trinajstić information content (AvgIpc) is 2.19. The molecule has 1 fully saturated rings. The number of rotatable bonds is 3. The minimum atomic E-state index is -0.473. The Hall–Kier alpha value is -0.910. The van der Waals surface area contributed by atoms with Crippen LogP contribution in [0.3, 0.4) is 0 Å². The molecule has 0 spiro atoms. The monoisotopic (exact) mass is 284 g/mol. The van der Waals surface area contributed by atoms with Crippen LogP contribution in [-0.4, -0.2) is 24.7 Å². The Kier molecular flexibility index (Phi) is 3.28. The number of ether oxygens (including phenoxy) is 1. The Morgan fingerprint density at radius 2 is 2.06 bits per heavy atom. The van der Waals surface area contributed by atoms with E-state index >= 15 is 0 Å². The molecule has 1 aromatic rings. The van der Waals surface area contributed by atoms with Gasteiger partial charge in [-0.25, -0.2) is 0 Å². The van der Waals surface area contributed by atoms with Gasteiger partial charge in [0.15, 0.2) is 0 Å². The highest BCUT2D eigenvalue weighted by molar-refractivity contribution is 9.10. The third kappa shape index (κ3) is 2.81. The van der Waals surface area contributed by atoms with Crippen molar-refractivity contribution < 1.29 is 9.53 Å². The van der Waals surface area contributed by atoms with E-state index in [1.54, 1.807) is 0 Å². The lowest BCUT2D eigenvalue weighted by Crippen LogP contribution is -2.58. The first-order valence-corrected chi connectivity index (χ1v) is 5.79. The first-order valence-electron chi connectivity index (χ1n) is 4.99. The van der Waals surface area contributed by atoms with Gasteiger partial charge in [-0.1, -0.05) is 15.9 Å². The van der Waals surface area contributed by atoms with Gasteiger partial charge in [0.05, 0.1) is 18.8 Å². The number of anilines is 1. The SMILES string of the molecule is NC1(CC(=O)Nc2ccc(Br)cc2)COC1. The van der Waals surface area contributed by atoms with Crippen LogP contribution in [-0.2, 0) is 9.53 Å². The standard InChI is InChI=1S/C11H13BrN2O2/c12-8-1-3-9(4-2-8)14-10(15)5-11(13)6-16-7-11/h1-4H,5-7,13H2,(H,14,15). The van der Waals surface area contributed by atoms with E-state index in [1.165, 1.54) is 0 Å². The molecule has 0 aliphatic carbocycles. The molecule has 3 N–H and O–H groups in total. The molecule has 1 aliphatic heterocycles. The fourth-order valence-electron chi connectivity index (χ4n) is 1.52. The predicted octanol–water partition coefficient (Wildman–Crippen LogP) is 1.51. The zero-order valence-electron chi connectivity index (χ0n) is 8.70. The number of nitrogens with one attached hydrogen (secondary N) is 1. The number of carbonyl (C=O) groups is 1. The fourth-order valence-corrected chi connectivity index (χ4v) is 1.79. The van der Waals surface area contributed by atoms with Crippen molar-refractivity contribution in [3.63, 3.8) is 0 Å². The zero-order chi connectivity index (χ0) is 11.6. The average molecular weight is 285 g/mol. The van der Waals surface area contributed by atoms with Crippen LogP contribution in [0.4, 0.5) is 5.69 Å². The number of hydrogen-bond acceptors (Lipinski definition) is 3. The van der Waals surface area contributed by atoms with E-state index in [9.17, 15) is 4.79 Å². The normalized spacial score (nSPS) is 17.6. The molecule has 0 unspecified atom stereocenters. The van der Waals surface area contributed by atoms with E-state index in [0.29, 0.717) is 19.6 Å². The Balaban J connectivity index is 1.89. The second-order valence-corrected chi connectivity index (χ2v) is 5.00. The van der Waals surface area contributed by atoms with E-state index in [4.69, 9.17) is 10.5 Å². The molecule has 86 valence electrons. The van der Waals surface area contributed by atoms with Crippen molar-refractivity contribution >= 4 is 27.5 Å². The van der Waals surface area contributed by atoms with Crippen LogP contribution in [0.2, 0.25) is 0 Å². The summed E-state index contributed by atoms with van der Waals surface area (Å²) in [6.07, 6.45) is 0.295. The summed E-state index contributed by atoms with van der Waals surface area (Å²) in [4.78, 5) is 11.6. The number of benzene rings is 1. The van der Waals surface area contributed by atoms with E-state index in [2.05, 4.69) is 21.2 Å². The topological polar surface area (TPSA) is 64.4 Å². The fraction of sp³-hybridized carbons (Fsp3) is 0.364. The highest BCUT2D eigenvalue weighted by atomic mass is 79.9. The predicted molar refractivity (Wildman–Crippen MR) is 65.1 cm³/mol. The number of carbonyl (C=O) groups excluding carboxylic acids is 1. The maximum Gasteiger partial charge on any atom is 0.226 e. The van der Waals surface area contributed by atoms with Gasteiger partial charge in [0.2, 0.25) is 5.91 Å². The van der Waals surface area contributed by atoms with Crippen molar-refractivity contribution in [2.24, 2.45) is 5.73 Å². The molecular weight excluding hydrogens is 272 g/mol. The highest BCUT2D eigenvalue weighted by Gasteiger charge is 2.36. The van der Waals surface area contributed by atoms with Gasteiger partial charge in [0.25, 0.3) is 0 Å². The second-order valence-electron chi connectivity index (χ2n) is 4.09. The molecule has 1 aliphatic rings. The van der Waals surface area contributed by atoms with Gasteiger partial charge in [-0.15, -0.1) is 0 Å². The molecule has 0 atom stereocenters. The lowest BCUT2D eigenvalue weighted by molar-refractivity contribution is -0.123. The van der Waals surface area contributed by atoms with E-state index in [-0.39, 0.29) is 5.91 Å². The Morgan fingerprint density at radius 3 is 2.56 bits per heavy atom. The van der Waals surface area contributed by atoms with E-state index < -0.39 is 5.54 Å². The summed E-state index contributed by atoms with van der Waals surface area (Å²) in [7, 11) is 0. The Labute approximate surface area is 102 Å². The summed E-state index contributed by atoms with van der Waals surface area (Å²) in [6, 6.07) is 7.42. The van der Waals surface area contributed by atoms with Crippen molar-refractivity contribution in [1.29, 1.82) is 0 Å². The largest absolute Gasteiger partial charge is 0.377 e. The van der Waals surface area contributed by atoms with Crippen molar-refractivity contribution in [3.05, 3.63) is 28.7 Å². The zero-order valence-corrected chi connectivity index (χ0v) is 10.3. The Morgan fingerprint density at radius 1 is 1.44 bits per heavy atom. The summed E-state index contributed by atoms with van der Waals surface area (Å²) < 4.78 is 5.97. The smallest absolute Gasteiger partial charge is 0.226 e. The first-order chi connectivity index (χ1) is 7.57. The van der Waals surface area contributed by atoms with Gasteiger partial charge in [0, 0.05) is 16.6 Å². The minimum absolute atomic E-state index is 0.0758. The quantitative estimate of drug-likeness (QED) is 0.884. The molecule has 4 nitrogen and oxygen atoms in total. The third-order valence-electron chi connectivity index (χ3n) is 2.42. The number of hydrogen-bond donors (Lipinski definition) is 2. The van der Waals surface area contributed by atoms with Gasteiger partial charge in [0.1, 0.15) is 0 Å². The number of halogens is 1. The molecule has 1 aromatic carbocycles. The molecular formula is C11H13BrN2O2. The van der Waals surface area contributed by atoms with Crippen molar-refractivity contribution in [1.82, 2.24) is 0 Å². The molecule has 16 heavy (non-hydrogen) atoms. The lowest BCUT2D eigenvalue weighted by Gasteiger charge is -2.37. The van der Waals surface area contributed by atoms with Crippen molar-refractivity contribution in [2.45, 2.75) is 12.0 Å². The molecule has 1 amide bonds. The minimum Gasteiger partial charge on any atom is -0.377 e. The number of amides is 1. The van der Waals surface area contributed by atoms with Crippen LogP contribution in [0.25, 0.3) is 0 Å². The molecule has 1 saturated heterocycles. The Bertz CT molecular complexity index is 387. The van der Waals surface area contributed by atoms with E-state index in [1.807, 2.05) is 24.3 Å². The molecule has 1 heterocycles. The summed E-state index contributed by atoms with van der Waals surface area (Å²) in [6.45, 7) is 0.918. The summed E-state index contributed by atoms with van der Waals surface area (Å²) in [5, 5.41) is 2.80. The van der Waals surface area contributed by atoms with Crippen LogP contribution < -0.4 is 11.1 Å². The van der Waals surface area contributed by atoms with Crippen molar-refractivity contribution in [3.8, 4) is 0 Å². The van der Waals surface area contributed by atoms with Crippen LogP contribution in [0, 0.1) is 0 Å². The summed E-state index contributed by atoms with van der Waals surface area (Å²) >= 11 is 3.33. The molecule has 2 rings (SSSR count). The summed E-state index contributed by atoms with van der Waals surface area (Å²) in [5.74, 6) is -0.0758. The molecule has 0 bridgehead atoms. The molecule has 0 aromatic heterocycles. The van der Waals surface area contributed by atoms with Gasteiger partial charge in [-0.3, -0.25) is 4.79 Å². The van der Waals surface area contributed by atoms with Gasteiger partial charge < -0.3 is 15.8 Å². The number of nitrogens with two attached hydrogens (primary N) is 1. The maximum absolute atomic E-state index is 11.6. The third-order valence-corrected chi connectivity index (χ3v) is 2.95. The van der Waals surface area contributed by atoms with Crippen molar-refractivity contribution in [2.75, 3.05) is 18.5 Å². The van der Waals surface area contributed by atoms with Gasteiger partial charge in [-0.05, 0) is 24.3 Å². The first kappa shape index (κ1) is 11.6.